The van der Waals surface area contributed by atoms with Crippen molar-refractivity contribution in [1.29, 1.82) is 0 Å². The van der Waals surface area contributed by atoms with E-state index in [1.165, 1.54) is 4.90 Å². The van der Waals surface area contributed by atoms with Crippen LogP contribution in [0.15, 0.2) is 0 Å². The fourth-order valence-corrected chi connectivity index (χ4v) is 4.37. The van der Waals surface area contributed by atoms with Crippen molar-refractivity contribution in [3.8, 4) is 0 Å². The molecule has 26 heavy (non-hydrogen) atoms. The molecule has 0 aromatic heterocycles. The molecule has 1 aliphatic carbocycles. The van der Waals surface area contributed by atoms with Gasteiger partial charge in [-0.3, -0.25) is 4.79 Å². The Morgan fingerprint density at radius 1 is 1.31 bits per heavy atom. The summed E-state index contributed by atoms with van der Waals surface area (Å²) < 4.78 is 11.3. The largest absolute Gasteiger partial charge is 0.443 e. The van der Waals surface area contributed by atoms with Crippen LogP contribution in [0.5, 0.6) is 0 Å². The fraction of sp³-hybridized carbons (Fsp3) is 0.900. The lowest BCUT2D eigenvalue weighted by molar-refractivity contribution is -0.134. The lowest BCUT2D eigenvalue weighted by Gasteiger charge is -2.41. The molecule has 0 bridgehead atoms. The van der Waals surface area contributed by atoms with Gasteiger partial charge in [-0.05, 0) is 58.3 Å². The number of aliphatic hydroxyl groups is 1. The number of carbonyl (C=O) groups excluding carboxylic acids is 2. The van der Waals surface area contributed by atoms with Crippen LogP contribution in [0.2, 0.25) is 0 Å². The first kappa shape index (κ1) is 21.2. The Bertz CT molecular complexity index is 515. The lowest BCUT2D eigenvalue weighted by Crippen LogP contribution is -2.46. The number of hydrogen-bond acceptors (Lipinski definition) is 5. The van der Waals surface area contributed by atoms with Crippen molar-refractivity contribution in [2.75, 3.05) is 13.2 Å². The van der Waals surface area contributed by atoms with E-state index < -0.39 is 17.8 Å². The van der Waals surface area contributed by atoms with Crippen molar-refractivity contribution in [3.63, 3.8) is 0 Å². The Morgan fingerprint density at radius 2 is 1.96 bits per heavy atom. The van der Waals surface area contributed by atoms with Gasteiger partial charge >= 0.3 is 6.09 Å². The molecule has 0 aromatic rings. The predicted molar refractivity (Wildman–Crippen MR) is 98.5 cm³/mol. The highest BCUT2D eigenvalue weighted by Crippen LogP contribution is 2.47. The average Bonchev–Trinajstić information content (AvgIpc) is 2.76. The molecule has 0 radical (unpaired) electrons. The van der Waals surface area contributed by atoms with E-state index >= 15 is 0 Å². The Hall–Kier alpha value is -1.14. The molecular formula is C20H35NO5. The van der Waals surface area contributed by atoms with Crippen molar-refractivity contribution in [2.45, 2.75) is 78.6 Å². The summed E-state index contributed by atoms with van der Waals surface area (Å²) in [6.07, 6.45) is 1.33. The molecular weight excluding hydrogens is 334 g/mol. The minimum Gasteiger partial charge on any atom is -0.443 e. The fourth-order valence-electron chi connectivity index (χ4n) is 4.37. The summed E-state index contributed by atoms with van der Waals surface area (Å²) in [7, 11) is 0. The van der Waals surface area contributed by atoms with E-state index in [0.717, 1.165) is 12.8 Å². The Balaban J connectivity index is 2.18. The second kappa shape index (κ2) is 8.26. The van der Waals surface area contributed by atoms with Gasteiger partial charge in [0.05, 0.1) is 12.7 Å². The number of imide groups is 1. The molecule has 6 heteroatoms. The topological polar surface area (TPSA) is 76.1 Å². The van der Waals surface area contributed by atoms with Gasteiger partial charge in [-0.25, -0.2) is 9.69 Å². The van der Waals surface area contributed by atoms with E-state index in [4.69, 9.17) is 9.47 Å². The van der Waals surface area contributed by atoms with Crippen LogP contribution in [0.4, 0.5) is 4.79 Å². The average molecular weight is 370 g/mol. The van der Waals surface area contributed by atoms with Crippen molar-refractivity contribution in [3.05, 3.63) is 0 Å². The first-order chi connectivity index (χ1) is 12.1. The molecule has 0 aromatic carbocycles. The zero-order valence-electron chi connectivity index (χ0n) is 17.0. The van der Waals surface area contributed by atoms with Crippen LogP contribution in [-0.4, -0.2) is 53.0 Å². The Kier molecular flexibility index (Phi) is 6.72. The molecule has 2 fully saturated rings. The smallest absolute Gasteiger partial charge is 0.417 e. The second-order valence-electron chi connectivity index (χ2n) is 8.87. The van der Waals surface area contributed by atoms with E-state index in [9.17, 15) is 14.7 Å². The number of hydrogen-bond donors (Lipinski definition) is 1. The molecule has 1 aliphatic heterocycles. The predicted octanol–water partition coefficient (Wildman–Crippen LogP) is 3.22. The van der Waals surface area contributed by atoms with Crippen LogP contribution in [0.3, 0.4) is 0 Å². The van der Waals surface area contributed by atoms with Gasteiger partial charge in [0.15, 0.2) is 0 Å². The molecule has 1 unspecified atom stereocenters. The molecule has 6 atom stereocenters. The maximum atomic E-state index is 12.9. The lowest BCUT2D eigenvalue weighted by atomic mass is 9.65. The number of fused-ring (bicyclic) bond motifs is 1. The molecule has 1 N–H and O–H groups in total. The molecule has 2 rings (SSSR count). The number of amides is 2. The first-order valence-electron chi connectivity index (χ1n) is 9.90. The van der Waals surface area contributed by atoms with Gasteiger partial charge in [-0.1, -0.05) is 20.3 Å². The highest BCUT2D eigenvalue weighted by Gasteiger charge is 2.57. The van der Waals surface area contributed by atoms with Gasteiger partial charge in [-0.2, -0.15) is 0 Å². The maximum Gasteiger partial charge on any atom is 0.417 e. The van der Waals surface area contributed by atoms with Crippen LogP contribution in [0.1, 0.15) is 60.8 Å². The van der Waals surface area contributed by atoms with Gasteiger partial charge in [0.25, 0.3) is 0 Å². The SMILES string of the molecule is CCCCOC[C@@H]1[C@@H]2[C@@H](C)N(C(=O)OC(C)(C)C)C(=O)[C@@H]2CC(O)[C@H]1C. The molecule has 1 heterocycles. The summed E-state index contributed by atoms with van der Waals surface area (Å²) in [5, 5.41) is 10.5. The first-order valence-corrected chi connectivity index (χ1v) is 9.90. The van der Waals surface area contributed by atoms with Gasteiger partial charge in [-0.15, -0.1) is 0 Å². The van der Waals surface area contributed by atoms with Crippen LogP contribution in [0.25, 0.3) is 0 Å². The van der Waals surface area contributed by atoms with Crippen LogP contribution in [-0.2, 0) is 14.3 Å². The zero-order chi connectivity index (χ0) is 19.6. The van der Waals surface area contributed by atoms with Crippen molar-refractivity contribution in [2.24, 2.45) is 23.7 Å². The number of carbonyl (C=O) groups is 2. The van der Waals surface area contributed by atoms with E-state index in [-0.39, 0.29) is 35.6 Å². The highest BCUT2D eigenvalue weighted by molar-refractivity contribution is 5.96. The van der Waals surface area contributed by atoms with Crippen molar-refractivity contribution in [1.82, 2.24) is 4.90 Å². The number of unbranched alkanes of at least 4 members (excludes halogenated alkanes) is 1. The minimum atomic E-state index is -0.652. The molecule has 1 saturated heterocycles. The summed E-state index contributed by atoms with van der Waals surface area (Å²) in [5.41, 5.74) is -0.652. The molecule has 6 nitrogen and oxygen atoms in total. The number of ether oxygens (including phenoxy) is 2. The van der Waals surface area contributed by atoms with E-state index in [2.05, 4.69) is 6.92 Å². The van der Waals surface area contributed by atoms with E-state index in [1.807, 2.05) is 13.8 Å². The molecule has 150 valence electrons. The second-order valence-corrected chi connectivity index (χ2v) is 8.87. The van der Waals surface area contributed by atoms with Crippen LogP contribution >= 0.6 is 0 Å². The number of likely N-dealkylation sites (tertiary alicyclic amines) is 1. The number of nitrogens with zero attached hydrogens (tertiary/aromatic N) is 1. The van der Waals surface area contributed by atoms with Gasteiger partial charge in [0, 0.05) is 18.6 Å². The molecule has 2 aliphatic rings. The standard InChI is InChI=1S/C20H35NO5/c1-7-8-9-25-11-15-12(2)16(22)10-14-17(15)13(3)21(18(14)23)19(24)26-20(4,5)6/h12-17,22H,7-11H2,1-6H3/t12-,13+,14+,15-,16?,17+/m0/s1. The highest BCUT2D eigenvalue weighted by atomic mass is 16.6. The maximum absolute atomic E-state index is 12.9. The van der Waals surface area contributed by atoms with Gasteiger partial charge < -0.3 is 14.6 Å². The Labute approximate surface area is 157 Å². The molecule has 1 saturated carbocycles. The third kappa shape index (κ3) is 4.39. The summed E-state index contributed by atoms with van der Waals surface area (Å²) in [5.74, 6) is -0.487. The summed E-state index contributed by atoms with van der Waals surface area (Å²) in [6.45, 7) is 12.6. The van der Waals surface area contributed by atoms with Crippen molar-refractivity contribution < 1.29 is 24.2 Å². The minimum absolute atomic E-state index is 0.00459. The normalized spacial score (nSPS) is 34.7. The van der Waals surface area contributed by atoms with Crippen molar-refractivity contribution >= 4 is 12.0 Å². The summed E-state index contributed by atoms with van der Waals surface area (Å²) in [4.78, 5) is 26.8. The quantitative estimate of drug-likeness (QED) is 0.753. The van der Waals surface area contributed by atoms with E-state index in [0.29, 0.717) is 19.6 Å². The Morgan fingerprint density at radius 3 is 2.54 bits per heavy atom. The van der Waals surface area contributed by atoms with Crippen LogP contribution < -0.4 is 0 Å². The zero-order valence-corrected chi connectivity index (χ0v) is 17.0. The van der Waals surface area contributed by atoms with Crippen LogP contribution in [0, 0.1) is 23.7 Å². The monoisotopic (exact) mass is 369 g/mol. The third-order valence-electron chi connectivity index (χ3n) is 5.80. The number of aliphatic hydroxyl groups excluding tert-OH is 1. The van der Waals surface area contributed by atoms with Gasteiger partial charge in [0.1, 0.15) is 5.60 Å². The third-order valence-corrected chi connectivity index (χ3v) is 5.80. The number of rotatable bonds is 5. The molecule has 2 amide bonds. The van der Waals surface area contributed by atoms with Gasteiger partial charge in [0.2, 0.25) is 5.91 Å². The molecule has 0 spiro atoms. The summed E-state index contributed by atoms with van der Waals surface area (Å²) in [6, 6.07) is -0.253. The summed E-state index contributed by atoms with van der Waals surface area (Å²) >= 11 is 0. The van der Waals surface area contributed by atoms with E-state index in [1.54, 1.807) is 20.8 Å².